The molecule has 0 radical (unpaired) electrons. The van der Waals surface area contributed by atoms with Gasteiger partial charge in [-0.05, 0) is 19.3 Å². The predicted molar refractivity (Wildman–Crippen MR) is 58.0 cm³/mol. The second-order valence-corrected chi connectivity index (χ2v) is 3.89. The lowest BCUT2D eigenvalue weighted by Crippen LogP contribution is -2.39. The van der Waals surface area contributed by atoms with Crippen LogP contribution in [-0.2, 0) is 9.53 Å². The number of rotatable bonds is 4. The van der Waals surface area contributed by atoms with Gasteiger partial charge >= 0.3 is 0 Å². The Labute approximate surface area is 89.2 Å². The molecular weight excluding hydrogens is 200 g/mol. The van der Waals surface area contributed by atoms with Crippen molar-refractivity contribution >= 4 is 23.1 Å². The zero-order valence-corrected chi connectivity index (χ0v) is 8.94. The van der Waals surface area contributed by atoms with Gasteiger partial charge in [-0.25, -0.2) is 0 Å². The van der Waals surface area contributed by atoms with Crippen molar-refractivity contribution < 1.29 is 9.53 Å². The average molecular weight is 216 g/mol. The fourth-order valence-electron chi connectivity index (χ4n) is 1.37. The number of carbonyl (C=O) groups excluding carboxylic acids is 1. The lowest BCUT2D eigenvalue weighted by Gasteiger charge is -2.21. The number of hydrogen-bond donors (Lipinski definition) is 2. The Hall–Kier alpha value is -0.680. The van der Waals surface area contributed by atoms with Gasteiger partial charge < -0.3 is 15.8 Å². The number of hydrogen-bond acceptors (Lipinski definition) is 3. The molecule has 0 aromatic heterocycles. The van der Waals surface area contributed by atoms with Gasteiger partial charge in [-0.2, -0.15) is 0 Å². The van der Waals surface area contributed by atoms with Crippen LogP contribution in [-0.4, -0.2) is 30.2 Å². The van der Waals surface area contributed by atoms with Gasteiger partial charge in [0.05, 0.1) is 4.99 Å². The lowest BCUT2D eigenvalue weighted by molar-refractivity contribution is -0.135. The van der Waals surface area contributed by atoms with Crippen molar-refractivity contribution in [1.29, 1.82) is 0 Å². The molecule has 0 aliphatic carbocycles. The van der Waals surface area contributed by atoms with Crippen molar-refractivity contribution in [2.24, 2.45) is 5.73 Å². The molecule has 14 heavy (non-hydrogen) atoms. The molecule has 0 saturated carbocycles. The van der Waals surface area contributed by atoms with Crippen molar-refractivity contribution in [2.45, 2.75) is 31.8 Å². The smallest absolute Gasteiger partial charge is 0.249 e. The predicted octanol–water partition coefficient (Wildman–Crippen LogP) is 0.348. The van der Waals surface area contributed by atoms with E-state index in [1.54, 1.807) is 0 Å². The number of amides is 1. The first-order valence-electron chi connectivity index (χ1n) is 4.88. The van der Waals surface area contributed by atoms with E-state index in [1.165, 1.54) is 0 Å². The molecule has 1 atom stereocenters. The van der Waals surface area contributed by atoms with Crippen LogP contribution < -0.4 is 11.1 Å². The molecule has 1 amide bonds. The molecular formula is C9H16N2O2S. The van der Waals surface area contributed by atoms with Crippen molar-refractivity contribution in [3.8, 4) is 0 Å². The Balaban J connectivity index is 2.16. The van der Waals surface area contributed by atoms with Crippen molar-refractivity contribution in [2.75, 3.05) is 13.2 Å². The molecule has 80 valence electrons. The zero-order valence-electron chi connectivity index (χ0n) is 8.12. The standard InChI is InChI=1S/C9H16N2O2S/c10-8(14)4-5-11-9(12)7-3-1-2-6-13-7/h7H,1-6H2,(H2,10,14)(H,11,12). The highest BCUT2D eigenvalue weighted by Gasteiger charge is 2.21. The van der Waals surface area contributed by atoms with Crippen LogP contribution in [0.4, 0.5) is 0 Å². The lowest BCUT2D eigenvalue weighted by atomic mass is 10.1. The molecule has 1 unspecified atom stereocenters. The van der Waals surface area contributed by atoms with Crippen molar-refractivity contribution in [3.63, 3.8) is 0 Å². The Kier molecular flexibility index (Phi) is 4.82. The van der Waals surface area contributed by atoms with Gasteiger partial charge in [-0.15, -0.1) is 0 Å². The van der Waals surface area contributed by atoms with Crippen LogP contribution in [0.3, 0.4) is 0 Å². The molecule has 3 N–H and O–H groups in total. The number of nitrogens with two attached hydrogens (primary N) is 1. The Morgan fingerprint density at radius 3 is 2.93 bits per heavy atom. The summed E-state index contributed by atoms with van der Waals surface area (Å²) >= 11 is 4.70. The second-order valence-electron chi connectivity index (χ2n) is 3.36. The summed E-state index contributed by atoms with van der Waals surface area (Å²) in [5.41, 5.74) is 5.31. The molecule has 0 aromatic carbocycles. The minimum atomic E-state index is -0.268. The molecule has 1 rings (SSSR count). The summed E-state index contributed by atoms with van der Waals surface area (Å²) in [6.45, 7) is 1.20. The van der Waals surface area contributed by atoms with Crippen LogP contribution in [0.2, 0.25) is 0 Å². The second kappa shape index (κ2) is 5.93. The van der Waals surface area contributed by atoms with Gasteiger partial charge in [0.15, 0.2) is 0 Å². The minimum absolute atomic E-state index is 0.0408. The summed E-state index contributed by atoms with van der Waals surface area (Å²) in [6.07, 6.45) is 3.21. The molecule has 1 aliphatic heterocycles. The van der Waals surface area contributed by atoms with Crippen LogP contribution in [0.15, 0.2) is 0 Å². The zero-order chi connectivity index (χ0) is 10.4. The SMILES string of the molecule is NC(=S)CCNC(=O)C1CCCCO1. The normalized spacial score (nSPS) is 21.6. The molecule has 0 bridgehead atoms. The topological polar surface area (TPSA) is 64.3 Å². The van der Waals surface area contributed by atoms with E-state index in [2.05, 4.69) is 5.32 Å². The number of carbonyl (C=O) groups is 1. The fraction of sp³-hybridized carbons (Fsp3) is 0.778. The van der Waals surface area contributed by atoms with Crippen LogP contribution in [0.25, 0.3) is 0 Å². The van der Waals surface area contributed by atoms with Gasteiger partial charge in [-0.1, -0.05) is 12.2 Å². The van der Waals surface area contributed by atoms with Crippen LogP contribution >= 0.6 is 12.2 Å². The van der Waals surface area contributed by atoms with Gasteiger partial charge in [0.1, 0.15) is 6.10 Å². The van der Waals surface area contributed by atoms with E-state index in [9.17, 15) is 4.79 Å². The third kappa shape index (κ3) is 4.02. The molecule has 1 aliphatic rings. The molecule has 1 saturated heterocycles. The number of nitrogens with one attached hydrogen (secondary N) is 1. The van der Waals surface area contributed by atoms with E-state index in [-0.39, 0.29) is 12.0 Å². The van der Waals surface area contributed by atoms with E-state index in [0.29, 0.717) is 24.6 Å². The largest absolute Gasteiger partial charge is 0.393 e. The highest BCUT2D eigenvalue weighted by Crippen LogP contribution is 2.12. The Bertz CT molecular complexity index is 215. The van der Waals surface area contributed by atoms with Gasteiger partial charge in [0, 0.05) is 19.6 Å². The van der Waals surface area contributed by atoms with Gasteiger partial charge in [0.2, 0.25) is 5.91 Å². The first-order valence-corrected chi connectivity index (χ1v) is 5.28. The molecule has 1 heterocycles. The van der Waals surface area contributed by atoms with E-state index in [1.807, 2.05) is 0 Å². The Morgan fingerprint density at radius 2 is 2.36 bits per heavy atom. The van der Waals surface area contributed by atoms with E-state index >= 15 is 0 Å². The molecule has 5 heteroatoms. The molecule has 4 nitrogen and oxygen atoms in total. The quantitative estimate of drug-likeness (QED) is 0.665. The van der Waals surface area contributed by atoms with Crippen molar-refractivity contribution in [3.05, 3.63) is 0 Å². The van der Waals surface area contributed by atoms with Crippen LogP contribution in [0.1, 0.15) is 25.7 Å². The van der Waals surface area contributed by atoms with Crippen molar-refractivity contribution in [1.82, 2.24) is 5.32 Å². The molecule has 0 spiro atoms. The minimum Gasteiger partial charge on any atom is -0.393 e. The average Bonchev–Trinajstić information content (AvgIpc) is 2.18. The van der Waals surface area contributed by atoms with E-state index in [0.717, 1.165) is 19.3 Å². The summed E-state index contributed by atoms with van der Waals surface area (Å²) < 4.78 is 5.32. The summed E-state index contributed by atoms with van der Waals surface area (Å²) in [6, 6.07) is 0. The van der Waals surface area contributed by atoms with Gasteiger partial charge in [-0.3, -0.25) is 4.79 Å². The first kappa shape index (κ1) is 11.4. The van der Waals surface area contributed by atoms with E-state index < -0.39 is 0 Å². The maximum Gasteiger partial charge on any atom is 0.249 e. The van der Waals surface area contributed by atoms with Crippen LogP contribution in [0.5, 0.6) is 0 Å². The van der Waals surface area contributed by atoms with Crippen LogP contribution in [0, 0.1) is 0 Å². The summed E-state index contributed by atoms with van der Waals surface area (Å²) in [5.74, 6) is -0.0408. The first-order chi connectivity index (χ1) is 6.70. The third-order valence-electron chi connectivity index (χ3n) is 2.14. The van der Waals surface area contributed by atoms with E-state index in [4.69, 9.17) is 22.7 Å². The molecule has 1 fully saturated rings. The number of thiocarbonyl (C=S) groups is 1. The summed E-state index contributed by atoms with van der Waals surface area (Å²) in [4.78, 5) is 11.9. The monoisotopic (exact) mass is 216 g/mol. The maximum absolute atomic E-state index is 11.5. The molecule has 0 aromatic rings. The fourth-order valence-corrected chi connectivity index (χ4v) is 1.47. The highest BCUT2D eigenvalue weighted by molar-refractivity contribution is 7.80. The van der Waals surface area contributed by atoms with Gasteiger partial charge in [0.25, 0.3) is 0 Å². The summed E-state index contributed by atoms with van der Waals surface area (Å²) in [5, 5.41) is 2.75. The third-order valence-corrected chi connectivity index (χ3v) is 2.35. The summed E-state index contributed by atoms with van der Waals surface area (Å²) in [7, 11) is 0. The number of ether oxygens (including phenoxy) is 1. The maximum atomic E-state index is 11.5. The highest BCUT2D eigenvalue weighted by atomic mass is 32.1. The Morgan fingerprint density at radius 1 is 1.57 bits per heavy atom.